The van der Waals surface area contributed by atoms with Crippen molar-refractivity contribution in [3.05, 3.63) is 65.9 Å². The van der Waals surface area contributed by atoms with Crippen molar-refractivity contribution in [3.8, 4) is 11.4 Å². The number of rotatable bonds is 9. The Labute approximate surface area is 195 Å². The molecule has 170 valence electrons. The van der Waals surface area contributed by atoms with Gasteiger partial charge in [0, 0.05) is 43.3 Å². The number of carbonyl (C=O) groups excluding carboxylic acids is 1. The lowest BCUT2D eigenvalue weighted by Gasteiger charge is -2.08. The lowest BCUT2D eigenvalue weighted by molar-refractivity contribution is -0.113. The summed E-state index contributed by atoms with van der Waals surface area (Å²) in [5.41, 5.74) is 3.17. The van der Waals surface area contributed by atoms with E-state index in [1.165, 1.54) is 11.8 Å². The van der Waals surface area contributed by atoms with Crippen molar-refractivity contribution < 1.29 is 4.79 Å². The van der Waals surface area contributed by atoms with E-state index in [2.05, 4.69) is 27.1 Å². The Hall–Kier alpha value is -3.66. The Bertz CT molecular complexity index is 1350. The summed E-state index contributed by atoms with van der Waals surface area (Å²) in [4.78, 5) is 29.2. The van der Waals surface area contributed by atoms with Gasteiger partial charge in [0.25, 0.3) is 0 Å². The van der Waals surface area contributed by atoms with E-state index in [-0.39, 0.29) is 17.3 Å². The highest BCUT2D eigenvalue weighted by Gasteiger charge is 2.16. The van der Waals surface area contributed by atoms with Crippen LogP contribution in [-0.4, -0.2) is 40.5 Å². The van der Waals surface area contributed by atoms with Gasteiger partial charge in [0.2, 0.25) is 5.91 Å². The second-order valence-corrected chi connectivity index (χ2v) is 8.20. The molecule has 33 heavy (non-hydrogen) atoms. The van der Waals surface area contributed by atoms with Crippen LogP contribution in [0.3, 0.4) is 0 Å². The highest BCUT2D eigenvalue weighted by Crippen LogP contribution is 2.24. The molecule has 0 saturated carbocycles. The second-order valence-electron chi connectivity index (χ2n) is 7.25. The number of nitrogens with zero attached hydrogens (tertiary/aromatic N) is 6. The Balaban J connectivity index is 1.50. The number of allylic oxidation sites excluding steroid dienone is 1. The average Bonchev–Trinajstić information content (AvgIpc) is 3.35. The van der Waals surface area contributed by atoms with Crippen LogP contribution in [0.2, 0.25) is 0 Å². The SMILES string of the molecule is C=CCn1c(SCC(=O)Nc2ccc3c(c2)n(CC)c(=O)n3CC)nnc1-c1ccncc1. The number of nitrogens with one attached hydrogen (secondary N) is 1. The number of pyridine rings is 1. The van der Waals surface area contributed by atoms with Gasteiger partial charge in [-0.15, -0.1) is 16.8 Å². The lowest BCUT2D eigenvalue weighted by Crippen LogP contribution is -2.23. The van der Waals surface area contributed by atoms with Gasteiger partial charge in [0.15, 0.2) is 11.0 Å². The monoisotopic (exact) mass is 463 g/mol. The molecule has 0 radical (unpaired) electrons. The molecule has 3 aromatic heterocycles. The standard InChI is InChI=1S/C23H25N7O2S/c1-4-13-30-21(16-9-11-24-12-10-16)26-27-22(30)33-15-20(31)25-17-7-8-18-19(14-17)29(6-3)23(32)28(18)5-2/h4,7-12,14H,1,5-6,13,15H2,2-3H3,(H,25,31). The van der Waals surface area contributed by atoms with E-state index in [0.29, 0.717) is 36.3 Å². The normalized spacial score (nSPS) is 11.1. The maximum atomic E-state index is 12.7. The number of carbonyl (C=O) groups is 1. The molecular formula is C23H25N7O2S. The fraction of sp³-hybridized carbons (Fsp3) is 0.261. The van der Waals surface area contributed by atoms with Crippen LogP contribution in [-0.2, 0) is 24.4 Å². The number of fused-ring (bicyclic) bond motifs is 1. The van der Waals surface area contributed by atoms with Crippen LogP contribution < -0.4 is 11.0 Å². The second kappa shape index (κ2) is 9.86. The predicted octanol–water partition coefficient (Wildman–Crippen LogP) is 3.41. The van der Waals surface area contributed by atoms with Crippen molar-refractivity contribution in [1.82, 2.24) is 28.9 Å². The van der Waals surface area contributed by atoms with Crippen LogP contribution in [0.15, 0.2) is 65.3 Å². The first-order chi connectivity index (χ1) is 16.1. The molecule has 4 rings (SSSR count). The summed E-state index contributed by atoms with van der Waals surface area (Å²) in [6.45, 7) is 9.37. The molecule has 0 unspecified atom stereocenters. The highest BCUT2D eigenvalue weighted by atomic mass is 32.2. The van der Waals surface area contributed by atoms with Gasteiger partial charge in [0.05, 0.1) is 16.8 Å². The van der Waals surface area contributed by atoms with Crippen molar-refractivity contribution in [2.75, 3.05) is 11.1 Å². The minimum atomic E-state index is -0.168. The van der Waals surface area contributed by atoms with Gasteiger partial charge in [-0.25, -0.2) is 4.79 Å². The van der Waals surface area contributed by atoms with Gasteiger partial charge in [-0.1, -0.05) is 17.8 Å². The van der Waals surface area contributed by atoms with E-state index in [4.69, 9.17) is 0 Å². The molecule has 9 nitrogen and oxygen atoms in total. The van der Waals surface area contributed by atoms with Crippen molar-refractivity contribution >= 4 is 34.4 Å². The molecule has 0 aliphatic heterocycles. The number of hydrogen-bond donors (Lipinski definition) is 1. The van der Waals surface area contributed by atoms with Crippen LogP contribution in [0.5, 0.6) is 0 Å². The number of aromatic nitrogens is 6. The van der Waals surface area contributed by atoms with Crippen LogP contribution in [0, 0.1) is 0 Å². The first-order valence-corrected chi connectivity index (χ1v) is 11.7. The molecule has 0 spiro atoms. The number of amides is 1. The Kier molecular flexibility index (Phi) is 6.74. The molecule has 1 N–H and O–H groups in total. The van der Waals surface area contributed by atoms with Gasteiger partial charge >= 0.3 is 5.69 Å². The number of aryl methyl sites for hydroxylation is 2. The molecule has 0 saturated heterocycles. The summed E-state index contributed by atoms with van der Waals surface area (Å²) in [6.07, 6.45) is 5.17. The molecule has 4 aromatic rings. The topological polar surface area (TPSA) is 99.6 Å². The molecule has 0 aliphatic rings. The summed E-state index contributed by atoms with van der Waals surface area (Å²) in [7, 11) is 0. The van der Waals surface area contributed by atoms with E-state index >= 15 is 0 Å². The number of benzene rings is 1. The Morgan fingerprint density at radius 2 is 1.79 bits per heavy atom. The fourth-order valence-corrected chi connectivity index (χ4v) is 4.49. The highest BCUT2D eigenvalue weighted by molar-refractivity contribution is 7.99. The van der Waals surface area contributed by atoms with Crippen molar-refractivity contribution in [3.63, 3.8) is 0 Å². The Morgan fingerprint density at radius 1 is 1.06 bits per heavy atom. The average molecular weight is 464 g/mol. The maximum absolute atomic E-state index is 12.7. The molecule has 1 aromatic carbocycles. The lowest BCUT2D eigenvalue weighted by atomic mass is 10.2. The summed E-state index contributed by atoms with van der Waals surface area (Å²) in [5, 5.41) is 12.1. The van der Waals surface area contributed by atoms with Crippen molar-refractivity contribution in [1.29, 1.82) is 0 Å². The molecule has 3 heterocycles. The fourth-order valence-electron chi connectivity index (χ4n) is 3.74. The molecule has 0 atom stereocenters. The van der Waals surface area contributed by atoms with Crippen LogP contribution in [0.4, 0.5) is 5.69 Å². The largest absolute Gasteiger partial charge is 0.329 e. The van der Waals surface area contributed by atoms with Crippen LogP contribution >= 0.6 is 11.8 Å². The number of hydrogen-bond acceptors (Lipinski definition) is 6. The van der Waals surface area contributed by atoms with E-state index in [9.17, 15) is 9.59 Å². The first-order valence-electron chi connectivity index (χ1n) is 10.7. The van der Waals surface area contributed by atoms with Gasteiger partial charge < -0.3 is 5.32 Å². The minimum absolute atomic E-state index is 0.0411. The maximum Gasteiger partial charge on any atom is 0.329 e. The zero-order chi connectivity index (χ0) is 23.4. The molecular weight excluding hydrogens is 438 g/mol. The third-order valence-corrected chi connectivity index (χ3v) is 6.20. The van der Waals surface area contributed by atoms with Crippen molar-refractivity contribution in [2.24, 2.45) is 0 Å². The van der Waals surface area contributed by atoms with E-state index < -0.39 is 0 Å². The quantitative estimate of drug-likeness (QED) is 0.302. The third kappa shape index (κ3) is 4.47. The van der Waals surface area contributed by atoms with Gasteiger partial charge in [-0.3, -0.25) is 23.5 Å². The first kappa shape index (κ1) is 22.5. The Morgan fingerprint density at radius 3 is 2.48 bits per heavy atom. The third-order valence-electron chi connectivity index (χ3n) is 5.23. The summed E-state index contributed by atoms with van der Waals surface area (Å²) in [6, 6.07) is 9.26. The van der Waals surface area contributed by atoms with Crippen LogP contribution in [0.1, 0.15) is 13.8 Å². The minimum Gasteiger partial charge on any atom is -0.325 e. The molecule has 0 aliphatic carbocycles. The van der Waals surface area contributed by atoms with Gasteiger partial charge in [-0.05, 0) is 44.2 Å². The van der Waals surface area contributed by atoms with E-state index in [1.54, 1.807) is 27.6 Å². The number of imidazole rings is 1. The number of thioether (sulfide) groups is 1. The summed E-state index contributed by atoms with van der Waals surface area (Å²) < 4.78 is 5.36. The van der Waals surface area contributed by atoms with Crippen LogP contribution in [0.25, 0.3) is 22.4 Å². The van der Waals surface area contributed by atoms with Gasteiger partial charge in [-0.2, -0.15) is 0 Å². The van der Waals surface area contributed by atoms with Gasteiger partial charge in [0.1, 0.15) is 0 Å². The molecule has 1 amide bonds. The smallest absolute Gasteiger partial charge is 0.325 e. The summed E-state index contributed by atoms with van der Waals surface area (Å²) >= 11 is 1.31. The zero-order valence-corrected chi connectivity index (χ0v) is 19.4. The summed E-state index contributed by atoms with van der Waals surface area (Å²) in [5.74, 6) is 0.696. The molecule has 0 fully saturated rings. The predicted molar refractivity (Wildman–Crippen MR) is 130 cm³/mol. The van der Waals surface area contributed by atoms with E-state index in [0.717, 1.165) is 16.6 Å². The zero-order valence-electron chi connectivity index (χ0n) is 18.6. The van der Waals surface area contributed by atoms with E-state index in [1.807, 2.05) is 48.7 Å². The van der Waals surface area contributed by atoms with Crippen molar-refractivity contribution in [2.45, 2.75) is 38.6 Å². The number of anilines is 1. The molecule has 10 heteroatoms. The molecule has 0 bridgehead atoms.